The van der Waals surface area contributed by atoms with Gasteiger partial charge in [-0.3, -0.25) is 4.79 Å². The van der Waals surface area contributed by atoms with Gasteiger partial charge in [0.05, 0.1) is 23.0 Å². The summed E-state index contributed by atoms with van der Waals surface area (Å²) in [5, 5.41) is 13.3. The fraction of sp³-hybridized carbons (Fsp3) is 0.0455. The monoisotopic (exact) mass is 507 g/mol. The number of carbonyl (C=O) groups is 1. The van der Waals surface area contributed by atoms with Crippen LogP contribution in [0.15, 0.2) is 71.6 Å². The first-order valence-electron chi connectivity index (χ1n) is 9.58. The number of nitrogens with one attached hydrogen (secondary N) is 1. The highest BCUT2D eigenvalue weighted by Crippen LogP contribution is 2.25. The van der Waals surface area contributed by atoms with Crippen molar-refractivity contribution in [2.45, 2.75) is 6.92 Å². The van der Waals surface area contributed by atoms with Crippen molar-refractivity contribution in [2.75, 3.05) is 5.32 Å². The van der Waals surface area contributed by atoms with Gasteiger partial charge in [-0.1, -0.05) is 33.6 Å². The lowest BCUT2D eigenvalue weighted by Gasteiger charge is -2.09. The number of nitrogens with zero attached hydrogens (tertiary/aromatic N) is 6. The van der Waals surface area contributed by atoms with Crippen LogP contribution in [-0.4, -0.2) is 35.4 Å². The van der Waals surface area contributed by atoms with Gasteiger partial charge in [0.1, 0.15) is 12.1 Å². The Bertz CT molecular complexity index is 1460. The predicted molar refractivity (Wildman–Crippen MR) is 126 cm³/mol. The van der Waals surface area contributed by atoms with Crippen LogP contribution in [-0.2, 0) is 0 Å². The molecule has 0 radical (unpaired) electrons. The number of carbonyl (C=O) groups excluding carboxylic acids is 1. The van der Waals surface area contributed by atoms with E-state index in [1.54, 1.807) is 52.0 Å². The lowest BCUT2D eigenvalue weighted by atomic mass is 10.2. The van der Waals surface area contributed by atoms with Gasteiger partial charge < -0.3 is 5.32 Å². The zero-order valence-corrected chi connectivity index (χ0v) is 19.0. The van der Waals surface area contributed by atoms with Crippen molar-refractivity contribution in [3.05, 3.63) is 87.9 Å². The molecular weight excluding hydrogens is 494 g/mol. The first-order valence-corrected chi connectivity index (χ1v) is 10.8. The highest BCUT2D eigenvalue weighted by molar-refractivity contribution is 9.10. The van der Waals surface area contributed by atoms with E-state index in [4.69, 9.17) is 11.6 Å². The standard InChI is InChI=1S/C22H15BrClN7O/c1-13-9-19(28-22(32)14-3-2-4-15(23)10-14)31(29-13)21-18-11-27-30(20(18)25-12-26-21)17-7-5-16(24)6-8-17/h2-12H,1H3,(H,28,32). The maximum Gasteiger partial charge on any atom is 0.256 e. The second-order valence-corrected chi connectivity index (χ2v) is 8.37. The molecule has 5 aromatic rings. The van der Waals surface area contributed by atoms with E-state index < -0.39 is 0 Å². The van der Waals surface area contributed by atoms with E-state index in [1.807, 2.05) is 25.1 Å². The van der Waals surface area contributed by atoms with Gasteiger partial charge in [-0.25, -0.2) is 14.6 Å². The van der Waals surface area contributed by atoms with Crippen molar-refractivity contribution in [2.24, 2.45) is 0 Å². The predicted octanol–water partition coefficient (Wildman–Crippen LogP) is 4.98. The van der Waals surface area contributed by atoms with Crippen molar-refractivity contribution in [3.8, 4) is 11.5 Å². The molecule has 1 N–H and O–H groups in total. The summed E-state index contributed by atoms with van der Waals surface area (Å²) in [6.45, 7) is 1.85. The Kier molecular flexibility index (Phi) is 5.20. The van der Waals surface area contributed by atoms with E-state index >= 15 is 0 Å². The second kappa shape index (κ2) is 8.18. The average molecular weight is 509 g/mol. The fourth-order valence-electron chi connectivity index (χ4n) is 3.34. The maximum absolute atomic E-state index is 12.8. The molecule has 0 spiro atoms. The number of aromatic nitrogens is 6. The Morgan fingerprint density at radius 3 is 2.66 bits per heavy atom. The normalized spacial score (nSPS) is 11.1. The molecule has 10 heteroatoms. The highest BCUT2D eigenvalue weighted by Gasteiger charge is 2.18. The summed E-state index contributed by atoms with van der Waals surface area (Å²) in [6.07, 6.45) is 3.12. The van der Waals surface area contributed by atoms with Crippen LogP contribution in [0.3, 0.4) is 0 Å². The van der Waals surface area contributed by atoms with Crippen molar-refractivity contribution >= 4 is 50.3 Å². The molecule has 0 aliphatic carbocycles. The number of hydrogen-bond acceptors (Lipinski definition) is 5. The average Bonchev–Trinajstić information content (AvgIpc) is 3.37. The molecule has 5 rings (SSSR count). The number of anilines is 1. The van der Waals surface area contributed by atoms with Gasteiger partial charge in [0.25, 0.3) is 5.91 Å². The Labute approximate surface area is 196 Å². The molecule has 32 heavy (non-hydrogen) atoms. The molecule has 8 nitrogen and oxygen atoms in total. The summed E-state index contributed by atoms with van der Waals surface area (Å²) in [5.41, 5.74) is 2.67. The number of amides is 1. The van der Waals surface area contributed by atoms with Crippen LogP contribution in [0.5, 0.6) is 0 Å². The number of fused-ring (bicyclic) bond motifs is 1. The number of aryl methyl sites for hydroxylation is 1. The van der Waals surface area contributed by atoms with Crippen LogP contribution in [0, 0.1) is 6.92 Å². The summed E-state index contributed by atoms with van der Waals surface area (Å²) in [5.74, 6) is 0.745. The number of halogens is 2. The number of hydrogen-bond donors (Lipinski definition) is 1. The van der Waals surface area contributed by atoms with E-state index in [9.17, 15) is 4.79 Å². The molecule has 0 fully saturated rings. The van der Waals surface area contributed by atoms with Gasteiger partial charge in [-0.2, -0.15) is 14.9 Å². The van der Waals surface area contributed by atoms with Crippen LogP contribution in [0.4, 0.5) is 5.82 Å². The smallest absolute Gasteiger partial charge is 0.256 e. The van der Waals surface area contributed by atoms with Gasteiger partial charge in [0.2, 0.25) is 0 Å². The molecule has 0 saturated heterocycles. The molecule has 0 saturated carbocycles. The summed E-state index contributed by atoms with van der Waals surface area (Å²) >= 11 is 9.40. The minimum Gasteiger partial charge on any atom is -0.306 e. The Morgan fingerprint density at radius 1 is 1.06 bits per heavy atom. The zero-order valence-electron chi connectivity index (χ0n) is 16.7. The summed E-state index contributed by atoms with van der Waals surface area (Å²) in [4.78, 5) is 21.6. The van der Waals surface area contributed by atoms with Crippen LogP contribution in [0.1, 0.15) is 16.1 Å². The zero-order chi connectivity index (χ0) is 22.2. The van der Waals surface area contributed by atoms with E-state index in [0.717, 1.165) is 15.9 Å². The first kappa shape index (κ1) is 20.3. The molecule has 158 valence electrons. The maximum atomic E-state index is 12.8. The minimum absolute atomic E-state index is 0.255. The van der Waals surface area contributed by atoms with E-state index in [-0.39, 0.29) is 5.91 Å². The molecule has 2 aromatic carbocycles. The Hall–Kier alpha value is -3.56. The van der Waals surface area contributed by atoms with Crippen LogP contribution in [0.25, 0.3) is 22.5 Å². The van der Waals surface area contributed by atoms with E-state index in [0.29, 0.717) is 33.3 Å². The molecule has 3 aromatic heterocycles. The van der Waals surface area contributed by atoms with Crippen LogP contribution >= 0.6 is 27.5 Å². The molecule has 0 aliphatic heterocycles. The molecule has 0 bridgehead atoms. The largest absolute Gasteiger partial charge is 0.306 e. The van der Waals surface area contributed by atoms with E-state index in [1.165, 1.54) is 6.33 Å². The first-order chi connectivity index (χ1) is 15.5. The summed E-state index contributed by atoms with van der Waals surface area (Å²) in [7, 11) is 0. The second-order valence-electron chi connectivity index (χ2n) is 7.01. The summed E-state index contributed by atoms with van der Waals surface area (Å²) < 4.78 is 4.11. The highest BCUT2D eigenvalue weighted by atomic mass is 79.9. The van der Waals surface area contributed by atoms with E-state index in [2.05, 4.69) is 41.4 Å². The summed E-state index contributed by atoms with van der Waals surface area (Å²) in [6, 6.07) is 16.2. The lowest BCUT2D eigenvalue weighted by molar-refractivity contribution is 0.102. The number of rotatable bonds is 4. The topological polar surface area (TPSA) is 90.5 Å². The molecule has 0 aliphatic rings. The van der Waals surface area contributed by atoms with Crippen molar-refractivity contribution in [1.82, 2.24) is 29.5 Å². The number of benzene rings is 2. The van der Waals surface area contributed by atoms with Crippen molar-refractivity contribution < 1.29 is 4.79 Å². The van der Waals surface area contributed by atoms with Gasteiger partial charge >= 0.3 is 0 Å². The van der Waals surface area contributed by atoms with Gasteiger partial charge in [-0.05, 0) is 49.4 Å². The van der Waals surface area contributed by atoms with Crippen molar-refractivity contribution in [1.29, 1.82) is 0 Å². The molecular formula is C22H15BrClN7O. The van der Waals surface area contributed by atoms with Crippen molar-refractivity contribution in [3.63, 3.8) is 0 Å². The Morgan fingerprint density at radius 2 is 1.88 bits per heavy atom. The van der Waals surface area contributed by atoms with Crippen LogP contribution in [0.2, 0.25) is 5.02 Å². The lowest BCUT2D eigenvalue weighted by Crippen LogP contribution is -2.15. The third-order valence-corrected chi connectivity index (χ3v) is 5.52. The SMILES string of the molecule is Cc1cc(NC(=O)c2cccc(Br)c2)n(-c2ncnc3c2cnn3-c2ccc(Cl)cc2)n1. The Balaban J connectivity index is 1.56. The quantitative estimate of drug-likeness (QED) is 0.370. The minimum atomic E-state index is -0.255. The van der Waals surface area contributed by atoms with Gasteiger partial charge in [0, 0.05) is 21.1 Å². The molecule has 0 unspecified atom stereocenters. The fourth-order valence-corrected chi connectivity index (χ4v) is 3.87. The van der Waals surface area contributed by atoms with Gasteiger partial charge in [0.15, 0.2) is 11.5 Å². The van der Waals surface area contributed by atoms with Gasteiger partial charge in [-0.15, -0.1) is 0 Å². The molecule has 3 heterocycles. The molecule has 1 amide bonds. The molecule has 0 atom stereocenters. The third-order valence-electron chi connectivity index (χ3n) is 4.78. The third kappa shape index (κ3) is 3.76. The van der Waals surface area contributed by atoms with Crippen LogP contribution < -0.4 is 5.32 Å².